The molecule has 0 N–H and O–H groups in total. The minimum atomic E-state index is -2.98. The number of hydrogen-bond acceptors (Lipinski definition) is 4. The maximum atomic E-state index is 12.7. The molecule has 0 aromatic carbocycles. The van der Waals surface area contributed by atoms with Gasteiger partial charge in [0.1, 0.15) is 5.57 Å². The van der Waals surface area contributed by atoms with Gasteiger partial charge in [0.25, 0.3) is 5.92 Å². The number of methoxy groups -OCH3 is 1. The Morgan fingerprint density at radius 3 is 2.25 bits per heavy atom. The van der Waals surface area contributed by atoms with E-state index in [1.54, 1.807) is 14.1 Å². The highest BCUT2D eigenvalue weighted by Gasteiger charge is 2.62. The Morgan fingerprint density at radius 1 is 1.44 bits per heavy atom. The molecule has 1 saturated carbocycles. The third-order valence-electron chi connectivity index (χ3n) is 2.20. The number of rotatable bonds is 4. The topological polar surface area (TPSA) is 46.6 Å². The summed E-state index contributed by atoms with van der Waals surface area (Å²) in [6.07, 6.45) is 0.705. The van der Waals surface area contributed by atoms with Gasteiger partial charge in [-0.3, -0.25) is 4.79 Å². The molecule has 0 amide bonds. The predicted octanol–water partition coefficient (Wildman–Crippen LogP) is 0.829. The fourth-order valence-electron chi connectivity index (χ4n) is 1.27. The lowest BCUT2D eigenvalue weighted by Crippen LogP contribution is -2.21. The molecule has 0 aromatic heterocycles. The highest BCUT2D eigenvalue weighted by molar-refractivity contribution is 6.19. The molecular weight excluding hydrogens is 220 g/mol. The zero-order valence-electron chi connectivity index (χ0n) is 9.29. The van der Waals surface area contributed by atoms with Crippen molar-refractivity contribution in [2.45, 2.75) is 12.3 Å². The van der Waals surface area contributed by atoms with Gasteiger partial charge in [-0.1, -0.05) is 0 Å². The first-order valence-corrected chi connectivity index (χ1v) is 4.68. The smallest absolute Gasteiger partial charge is 0.343 e. The zero-order chi connectivity index (χ0) is 12.5. The van der Waals surface area contributed by atoms with E-state index in [9.17, 15) is 18.4 Å². The van der Waals surface area contributed by atoms with E-state index in [1.807, 2.05) is 0 Å². The Balaban J connectivity index is 2.87. The molecule has 1 aliphatic rings. The van der Waals surface area contributed by atoms with E-state index < -0.39 is 30.0 Å². The maximum absolute atomic E-state index is 12.7. The van der Waals surface area contributed by atoms with E-state index in [0.717, 1.165) is 7.11 Å². The number of ketones is 1. The second-order valence-electron chi connectivity index (χ2n) is 3.88. The van der Waals surface area contributed by atoms with Crippen LogP contribution in [0.2, 0.25) is 0 Å². The van der Waals surface area contributed by atoms with Gasteiger partial charge < -0.3 is 9.64 Å². The predicted molar refractivity (Wildman–Crippen MR) is 51.8 cm³/mol. The third kappa shape index (κ3) is 2.56. The molecule has 90 valence electrons. The molecule has 1 unspecified atom stereocenters. The van der Waals surface area contributed by atoms with Gasteiger partial charge in [-0.15, -0.1) is 0 Å². The second-order valence-corrected chi connectivity index (χ2v) is 3.88. The van der Waals surface area contributed by atoms with Gasteiger partial charge in [-0.05, 0) is 0 Å². The van der Waals surface area contributed by atoms with Crippen LogP contribution in [0.5, 0.6) is 0 Å². The zero-order valence-corrected chi connectivity index (χ0v) is 9.29. The molecule has 4 nitrogen and oxygen atoms in total. The van der Waals surface area contributed by atoms with Crippen molar-refractivity contribution in [3.8, 4) is 0 Å². The summed E-state index contributed by atoms with van der Waals surface area (Å²) in [6.45, 7) is 0. The number of carbonyl (C=O) groups excluding carboxylic acids is 2. The summed E-state index contributed by atoms with van der Waals surface area (Å²) in [5, 5.41) is 0. The van der Waals surface area contributed by atoms with E-state index in [-0.39, 0.29) is 5.57 Å². The molecule has 1 atom stereocenters. The molecular formula is C10H13F2NO3. The van der Waals surface area contributed by atoms with Gasteiger partial charge in [-0.25, -0.2) is 13.6 Å². The molecule has 0 radical (unpaired) electrons. The highest BCUT2D eigenvalue weighted by Crippen LogP contribution is 2.50. The van der Waals surface area contributed by atoms with Crippen LogP contribution >= 0.6 is 0 Å². The van der Waals surface area contributed by atoms with Crippen molar-refractivity contribution in [3.05, 3.63) is 11.8 Å². The van der Waals surface area contributed by atoms with Gasteiger partial charge in [0.2, 0.25) is 0 Å². The van der Waals surface area contributed by atoms with Crippen molar-refractivity contribution in [1.29, 1.82) is 0 Å². The number of ether oxygens (including phenoxy) is 1. The summed E-state index contributed by atoms with van der Waals surface area (Å²) in [6, 6.07) is 0. The summed E-state index contributed by atoms with van der Waals surface area (Å²) in [5.74, 6) is -6.10. The number of nitrogens with zero attached hydrogens (tertiary/aromatic N) is 1. The van der Waals surface area contributed by atoms with Crippen LogP contribution in [0.4, 0.5) is 8.78 Å². The lowest BCUT2D eigenvalue weighted by Gasteiger charge is -2.09. The normalized spacial score (nSPS) is 22.6. The van der Waals surface area contributed by atoms with E-state index in [0.29, 0.717) is 0 Å². The first-order chi connectivity index (χ1) is 7.29. The maximum Gasteiger partial charge on any atom is 0.343 e. The Hall–Kier alpha value is -1.46. The minimum Gasteiger partial charge on any atom is -0.465 e. The molecule has 0 aliphatic heterocycles. The van der Waals surface area contributed by atoms with Gasteiger partial charge in [-0.2, -0.15) is 0 Å². The van der Waals surface area contributed by atoms with Crippen molar-refractivity contribution in [2.24, 2.45) is 5.92 Å². The average molecular weight is 233 g/mol. The number of alkyl halides is 2. The van der Waals surface area contributed by atoms with Crippen LogP contribution in [0.15, 0.2) is 11.8 Å². The summed E-state index contributed by atoms with van der Waals surface area (Å²) in [5.41, 5.74) is -0.338. The minimum absolute atomic E-state index is 0.338. The fourth-order valence-corrected chi connectivity index (χ4v) is 1.27. The largest absolute Gasteiger partial charge is 0.465 e. The monoisotopic (exact) mass is 233 g/mol. The van der Waals surface area contributed by atoms with Crippen molar-refractivity contribution in [1.82, 2.24) is 4.90 Å². The molecule has 0 saturated heterocycles. The van der Waals surface area contributed by atoms with E-state index in [1.165, 1.54) is 11.1 Å². The lowest BCUT2D eigenvalue weighted by atomic mass is 10.1. The standard InChI is InChI=1S/C10H13F2NO3/c1-13(2)5-6(9(15)16-3)8(14)7-4-10(7,11)12/h5,7H,4H2,1-3H3/b6-5-. The molecule has 0 heterocycles. The van der Waals surface area contributed by atoms with Gasteiger partial charge in [0.15, 0.2) is 5.78 Å². The Bertz CT molecular complexity index is 350. The van der Waals surface area contributed by atoms with Crippen LogP contribution in [0.3, 0.4) is 0 Å². The molecule has 1 fully saturated rings. The lowest BCUT2D eigenvalue weighted by molar-refractivity contribution is -0.138. The molecule has 16 heavy (non-hydrogen) atoms. The molecule has 0 aromatic rings. The SMILES string of the molecule is COC(=O)/C(=C\N(C)C)C(=O)C1CC1(F)F. The summed E-state index contributed by atoms with van der Waals surface area (Å²) >= 11 is 0. The number of carbonyl (C=O) groups is 2. The van der Waals surface area contributed by atoms with Crippen LogP contribution < -0.4 is 0 Å². The van der Waals surface area contributed by atoms with Crippen LogP contribution in [-0.2, 0) is 14.3 Å². The summed E-state index contributed by atoms with van der Waals surface area (Å²) in [4.78, 5) is 24.3. The molecule has 1 rings (SSSR count). The van der Waals surface area contributed by atoms with Gasteiger partial charge in [0, 0.05) is 26.7 Å². The van der Waals surface area contributed by atoms with E-state index in [2.05, 4.69) is 4.74 Å². The first-order valence-electron chi connectivity index (χ1n) is 4.68. The number of esters is 1. The van der Waals surface area contributed by atoms with Crippen LogP contribution in [0.1, 0.15) is 6.42 Å². The Kier molecular flexibility index (Phi) is 3.30. The molecule has 0 spiro atoms. The number of Topliss-reactive ketones (excluding diaryl/α,β-unsaturated/α-hetero) is 1. The van der Waals surface area contributed by atoms with Gasteiger partial charge in [0.05, 0.1) is 13.0 Å². The van der Waals surface area contributed by atoms with E-state index >= 15 is 0 Å². The average Bonchev–Trinajstić information content (AvgIpc) is 2.81. The van der Waals surface area contributed by atoms with Crippen LogP contribution in [-0.4, -0.2) is 43.8 Å². The van der Waals surface area contributed by atoms with Crippen molar-refractivity contribution < 1.29 is 23.1 Å². The quantitative estimate of drug-likeness (QED) is 0.312. The Labute approximate surface area is 91.9 Å². The molecule has 0 bridgehead atoms. The summed E-state index contributed by atoms with van der Waals surface area (Å²) in [7, 11) is 4.27. The third-order valence-corrected chi connectivity index (χ3v) is 2.20. The number of halogens is 2. The van der Waals surface area contributed by atoms with Crippen LogP contribution in [0.25, 0.3) is 0 Å². The van der Waals surface area contributed by atoms with E-state index in [4.69, 9.17) is 0 Å². The molecule has 6 heteroatoms. The second kappa shape index (κ2) is 4.19. The molecule has 1 aliphatic carbocycles. The highest BCUT2D eigenvalue weighted by atomic mass is 19.3. The van der Waals surface area contributed by atoms with Crippen molar-refractivity contribution >= 4 is 11.8 Å². The van der Waals surface area contributed by atoms with Crippen LogP contribution in [0, 0.1) is 5.92 Å². The Morgan fingerprint density at radius 2 is 1.94 bits per heavy atom. The summed E-state index contributed by atoms with van der Waals surface area (Å²) < 4.78 is 29.8. The van der Waals surface area contributed by atoms with Crippen molar-refractivity contribution in [2.75, 3.05) is 21.2 Å². The number of hydrogen-bond donors (Lipinski definition) is 0. The van der Waals surface area contributed by atoms with Gasteiger partial charge >= 0.3 is 5.97 Å². The fraction of sp³-hybridized carbons (Fsp3) is 0.600. The first kappa shape index (κ1) is 12.6. The van der Waals surface area contributed by atoms with Crippen molar-refractivity contribution in [3.63, 3.8) is 0 Å².